The van der Waals surface area contributed by atoms with Crippen LogP contribution in [0.2, 0.25) is 0 Å². The van der Waals surface area contributed by atoms with Crippen LogP contribution in [0.4, 0.5) is 4.79 Å². The second-order valence-corrected chi connectivity index (χ2v) is 15.9. The molecule has 1 N–H and O–H groups in total. The molecule has 0 bridgehead atoms. The van der Waals surface area contributed by atoms with E-state index >= 15 is 0 Å². The number of carbonyl (C=O) groups is 2. The molecular weight excluding hydrogens is 510 g/mol. The van der Waals surface area contributed by atoms with E-state index in [1.807, 2.05) is 21.7 Å². The SMILES string of the molecule is C[C@H](CCC(=O)N1CCN(C(=O)N(C)CC2CC2)[C@@H](C)C1)[C@H]1CC[C@H]2[C@@H]3CC=C4C[C@@H](O)CC[C@]4(C)[C@H]3CC[C@]12C. The molecule has 1 heterocycles. The van der Waals surface area contributed by atoms with Crippen LogP contribution in [-0.4, -0.2) is 77.1 Å². The zero-order valence-electron chi connectivity index (χ0n) is 26.6. The van der Waals surface area contributed by atoms with Gasteiger partial charge < -0.3 is 19.8 Å². The van der Waals surface area contributed by atoms with Crippen molar-refractivity contribution in [1.82, 2.24) is 14.7 Å². The Bertz CT molecular complexity index is 1040. The lowest BCUT2D eigenvalue weighted by molar-refractivity contribution is -0.134. The molecule has 9 atom stereocenters. The van der Waals surface area contributed by atoms with Crippen LogP contribution in [-0.2, 0) is 4.79 Å². The average Bonchev–Trinajstić information content (AvgIpc) is 3.69. The molecule has 5 fully saturated rings. The smallest absolute Gasteiger partial charge is 0.320 e. The normalized spacial score (nSPS) is 41.2. The lowest BCUT2D eigenvalue weighted by Crippen LogP contribution is -2.58. The molecule has 0 unspecified atom stereocenters. The van der Waals surface area contributed by atoms with E-state index in [2.05, 4.69) is 33.8 Å². The van der Waals surface area contributed by atoms with Crippen molar-refractivity contribution in [3.8, 4) is 0 Å². The molecule has 41 heavy (non-hydrogen) atoms. The molecule has 6 rings (SSSR count). The zero-order chi connectivity index (χ0) is 29.1. The van der Waals surface area contributed by atoms with Gasteiger partial charge in [-0.25, -0.2) is 4.79 Å². The summed E-state index contributed by atoms with van der Waals surface area (Å²) in [6, 6.07) is 0.201. The Balaban J connectivity index is 1.02. The average molecular weight is 568 g/mol. The summed E-state index contributed by atoms with van der Waals surface area (Å²) >= 11 is 0. The van der Waals surface area contributed by atoms with Gasteiger partial charge in [-0.15, -0.1) is 0 Å². The number of fused-ring (bicyclic) bond motifs is 5. The van der Waals surface area contributed by atoms with Gasteiger partial charge in [0.2, 0.25) is 5.91 Å². The molecule has 1 saturated heterocycles. The molecule has 4 saturated carbocycles. The fourth-order valence-electron chi connectivity index (χ4n) is 10.8. The number of allylic oxidation sites excluding steroid dienone is 1. The number of aliphatic hydroxyl groups excluding tert-OH is 1. The van der Waals surface area contributed by atoms with Gasteiger partial charge in [0.1, 0.15) is 0 Å². The highest BCUT2D eigenvalue weighted by atomic mass is 16.3. The van der Waals surface area contributed by atoms with E-state index in [0.29, 0.717) is 54.6 Å². The second kappa shape index (κ2) is 11.2. The van der Waals surface area contributed by atoms with Crippen LogP contribution >= 0.6 is 0 Å². The number of urea groups is 1. The summed E-state index contributed by atoms with van der Waals surface area (Å²) < 4.78 is 0. The number of rotatable bonds is 6. The minimum atomic E-state index is -0.132. The third-order valence-corrected chi connectivity index (χ3v) is 13.4. The van der Waals surface area contributed by atoms with E-state index in [1.165, 1.54) is 44.9 Å². The fraction of sp³-hybridized carbons (Fsp3) is 0.886. The standard InChI is InChI=1S/C35H57N3O3/c1-23(6-13-32(40)37-18-19-38(24(2)21-37)33(41)36(5)22-25-7-8-25)29-11-12-30-28-10-9-26-20-27(39)14-16-34(26,3)31(28)15-17-35(29,30)4/h9,23-25,27-31,39H,6-8,10-22H2,1-5H3/t23-,24+,27+,28+,29-,30+,31+,34+,35-/m1/s1. The molecule has 6 nitrogen and oxygen atoms in total. The number of hydrogen-bond donors (Lipinski definition) is 1. The number of aliphatic hydroxyl groups is 1. The van der Waals surface area contributed by atoms with Crippen molar-refractivity contribution in [3.63, 3.8) is 0 Å². The molecule has 6 aliphatic rings. The lowest BCUT2D eigenvalue weighted by Gasteiger charge is -2.58. The van der Waals surface area contributed by atoms with Crippen molar-refractivity contribution >= 4 is 11.9 Å². The Hall–Kier alpha value is -1.56. The van der Waals surface area contributed by atoms with E-state index in [0.717, 1.165) is 50.0 Å². The number of nitrogens with zero attached hydrogens (tertiary/aromatic N) is 3. The van der Waals surface area contributed by atoms with Gasteiger partial charge in [0.05, 0.1) is 6.10 Å². The van der Waals surface area contributed by atoms with Crippen LogP contribution in [0.15, 0.2) is 11.6 Å². The minimum Gasteiger partial charge on any atom is -0.393 e. The zero-order valence-corrected chi connectivity index (χ0v) is 26.6. The summed E-state index contributed by atoms with van der Waals surface area (Å²) in [4.78, 5) is 32.2. The van der Waals surface area contributed by atoms with E-state index < -0.39 is 0 Å². The largest absolute Gasteiger partial charge is 0.393 e. The van der Waals surface area contributed by atoms with Crippen LogP contribution in [0.3, 0.4) is 0 Å². The Labute approximate surface area is 249 Å². The van der Waals surface area contributed by atoms with Crippen molar-refractivity contribution in [2.45, 2.75) is 117 Å². The van der Waals surface area contributed by atoms with Gasteiger partial charge in [0, 0.05) is 45.7 Å². The van der Waals surface area contributed by atoms with Crippen molar-refractivity contribution < 1.29 is 14.7 Å². The fourth-order valence-corrected chi connectivity index (χ4v) is 10.8. The van der Waals surface area contributed by atoms with Crippen molar-refractivity contribution in [3.05, 3.63) is 11.6 Å². The first kappa shape index (κ1) is 29.5. The predicted octanol–water partition coefficient (Wildman–Crippen LogP) is 6.34. The monoisotopic (exact) mass is 567 g/mol. The number of piperazine rings is 1. The van der Waals surface area contributed by atoms with E-state index in [-0.39, 0.29) is 24.1 Å². The molecule has 1 aliphatic heterocycles. The van der Waals surface area contributed by atoms with Gasteiger partial charge in [-0.1, -0.05) is 32.4 Å². The van der Waals surface area contributed by atoms with Crippen LogP contribution in [0.5, 0.6) is 0 Å². The van der Waals surface area contributed by atoms with Crippen molar-refractivity contribution in [2.75, 3.05) is 33.2 Å². The second-order valence-electron chi connectivity index (χ2n) is 15.9. The molecule has 6 heteroatoms. The van der Waals surface area contributed by atoms with Crippen molar-refractivity contribution in [2.24, 2.45) is 46.3 Å². The van der Waals surface area contributed by atoms with E-state index in [1.54, 1.807) is 5.57 Å². The summed E-state index contributed by atoms with van der Waals surface area (Å²) in [6.45, 7) is 12.5. The van der Waals surface area contributed by atoms with E-state index in [9.17, 15) is 14.7 Å². The summed E-state index contributed by atoms with van der Waals surface area (Å²) in [5, 5.41) is 10.3. The maximum Gasteiger partial charge on any atom is 0.320 e. The number of carbonyl (C=O) groups excluding carboxylic acids is 2. The van der Waals surface area contributed by atoms with Gasteiger partial charge in [0.15, 0.2) is 0 Å². The molecule has 0 aromatic rings. The van der Waals surface area contributed by atoms with Crippen LogP contribution in [0, 0.1) is 46.3 Å². The number of amides is 3. The molecule has 0 aromatic carbocycles. The van der Waals surface area contributed by atoms with Gasteiger partial charge >= 0.3 is 6.03 Å². The highest BCUT2D eigenvalue weighted by Crippen LogP contribution is 2.67. The topological polar surface area (TPSA) is 64.1 Å². The minimum absolute atomic E-state index is 0.0725. The molecule has 230 valence electrons. The first-order chi connectivity index (χ1) is 19.5. The first-order valence-electron chi connectivity index (χ1n) is 17.2. The summed E-state index contributed by atoms with van der Waals surface area (Å²) in [5.74, 6) is 4.63. The Morgan fingerprint density at radius 1 is 1.07 bits per heavy atom. The van der Waals surface area contributed by atoms with Crippen molar-refractivity contribution in [1.29, 1.82) is 0 Å². The van der Waals surface area contributed by atoms with E-state index in [4.69, 9.17) is 0 Å². The maximum atomic E-state index is 13.4. The highest BCUT2D eigenvalue weighted by molar-refractivity contribution is 5.78. The molecule has 3 amide bonds. The molecule has 5 aliphatic carbocycles. The Morgan fingerprint density at radius 2 is 1.85 bits per heavy atom. The quantitative estimate of drug-likeness (QED) is 0.381. The predicted molar refractivity (Wildman–Crippen MR) is 163 cm³/mol. The van der Waals surface area contributed by atoms with Gasteiger partial charge in [-0.05, 0) is 124 Å². The van der Waals surface area contributed by atoms with Gasteiger partial charge in [-0.3, -0.25) is 4.79 Å². The Kier molecular flexibility index (Phi) is 8.04. The molecule has 0 spiro atoms. The van der Waals surface area contributed by atoms with Crippen LogP contribution in [0.25, 0.3) is 0 Å². The summed E-state index contributed by atoms with van der Waals surface area (Å²) in [6.07, 6.45) is 16.1. The lowest BCUT2D eigenvalue weighted by atomic mass is 9.47. The van der Waals surface area contributed by atoms with Crippen LogP contribution < -0.4 is 0 Å². The molecule has 0 radical (unpaired) electrons. The maximum absolute atomic E-state index is 13.4. The molecule has 0 aromatic heterocycles. The summed E-state index contributed by atoms with van der Waals surface area (Å²) in [5.41, 5.74) is 2.26. The Morgan fingerprint density at radius 3 is 2.59 bits per heavy atom. The third kappa shape index (κ3) is 5.38. The number of hydrogen-bond acceptors (Lipinski definition) is 3. The third-order valence-electron chi connectivity index (χ3n) is 13.4. The van der Waals surface area contributed by atoms with Gasteiger partial charge in [-0.2, -0.15) is 0 Å². The summed E-state index contributed by atoms with van der Waals surface area (Å²) in [7, 11) is 1.93. The van der Waals surface area contributed by atoms with Gasteiger partial charge in [0.25, 0.3) is 0 Å². The van der Waals surface area contributed by atoms with Crippen LogP contribution in [0.1, 0.15) is 105 Å². The molecular formula is C35H57N3O3. The first-order valence-corrected chi connectivity index (χ1v) is 17.2. The highest BCUT2D eigenvalue weighted by Gasteiger charge is 2.59.